The first-order valence-electron chi connectivity index (χ1n) is 12.6. The van der Waals surface area contributed by atoms with Crippen LogP contribution in [0.1, 0.15) is 74.1 Å². The molecule has 0 heterocycles. The van der Waals surface area contributed by atoms with Gasteiger partial charge in [0, 0.05) is 32.1 Å². The Bertz CT molecular complexity index is 546. The maximum absolute atomic E-state index is 12.6. The molecule has 0 spiro atoms. The van der Waals surface area contributed by atoms with Gasteiger partial charge in [0.05, 0.1) is 39.6 Å². The van der Waals surface area contributed by atoms with Crippen molar-refractivity contribution in [1.29, 1.82) is 0 Å². The van der Waals surface area contributed by atoms with Crippen LogP contribution in [0, 0.1) is 5.41 Å². The van der Waals surface area contributed by atoms with Gasteiger partial charge in [-0.2, -0.15) is 0 Å². The molecular formula is C25H51N3O6. The van der Waals surface area contributed by atoms with Crippen LogP contribution in [0.25, 0.3) is 0 Å². The Morgan fingerprint density at radius 2 is 1.38 bits per heavy atom. The fourth-order valence-corrected chi connectivity index (χ4v) is 2.72. The fraction of sp³-hybridized carbons (Fsp3) is 0.920. The molecule has 0 aromatic heterocycles. The van der Waals surface area contributed by atoms with Crippen LogP contribution >= 0.6 is 0 Å². The zero-order chi connectivity index (χ0) is 26.0. The molecule has 2 amide bonds. The summed E-state index contributed by atoms with van der Waals surface area (Å²) in [6.07, 6.45) is 2.59. The van der Waals surface area contributed by atoms with Crippen LogP contribution in [0.5, 0.6) is 0 Å². The molecule has 0 radical (unpaired) electrons. The van der Waals surface area contributed by atoms with Crippen LogP contribution in [0.2, 0.25) is 0 Å². The number of hydrogen-bond donors (Lipinski definition) is 2. The van der Waals surface area contributed by atoms with Gasteiger partial charge in [-0.15, -0.1) is 0 Å². The molecule has 1 unspecified atom stereocenters. The number of carbonyl (C=O) groups is 2. The van der Waals surface area contributed by atoms with Crippen molar-refractivity contribution in [3.63, 3.8) is 0 Å². The van der Waals surface area contributed by atoms with E-state index in [2.05, 4.69) is 26.1 Å². The highest BCUT2D eigenvalue weighted by Gasteiger charge is 2.22. The molecule has 0 bridgehead atoms. The molecule has 1 atom stereocenters. The van der Waals surface area contributed by atoms with E-state index in [-0.39, 0.29) is 23.5 Å². The second-order valence-corrected chi connectivity index (χ2v) is 10.6. The summed E-state index contributed by atoms with van der Waals surface area (Å²) >= 11 is 0. The van der Waals surface area contributed by atoms with E-state index in [0.29, 0.717) is 65.7 Å². The Balaban J connectivity index is 4.22. The summed E-state index contributed by atoms with van der Waals surface area (Å²) < 4.78 is 21.8. The number of unbranched alkanes of at least 4 members (excludes halogenated alkanes) is 2. The minimum atomic E-state index is -0.558. The van der Waals surface area contributed by atoms with Gasteiger partial charge in [0.1, 0.15) is 5.60 Å². The Kier molecular flexibility index (Phi) is 17.2. The van der Waals surface area contributed by atoms with E-state index in [1.54, 1.807) is 4.90 Å². The van der Waals surface area contributed by atoms with Crippen molar-refractivity contribution in [3.05, 3.63) is 0 Å². The molecule has 0 saturated carbocycles. The van der Waals surface area contributed by atoms with Gasteiger partial charge >= 0.3 is 6.09 Å². The van der Waals surface area contributed by atoms with E-state index in [0.717, 1.165) is 19.3 Å². The highest BCUT2D eigenvalue weighted by Crippen LogP contribution is 2.18. The molecule has 9 nitrogen and oxygen atoms in total. The standard InChI is InChI=1S/C25H51N3O6/c1-21(24(2,3)4)27-22(29)11-9-8-10-13-28(23(30)34-25(5,6)7)14-16-32-18-20-33-19-17-31-15-12-26/h21H,8-20,26H2,1-7H3,(H,27,29). The van der Waals surface area contributed by atoms with Crippen molar-refractivity contribution < 1.29 is 28.5 Å². The SMILES string of the molecule is CC(NC(=O)CCCCCN(CCOCCOCCOCCN)C(=O)OC(C)(C)C)C(C)(C)C. The predicted molar refractivity (Wildman–Crippen MR) is 135 cm³/mol. The van der Waals surface area contributed by atoms with Gasteiger partial charge in [-0.25, -0.2) is 4.79 Å². The Morgan fingerprint density at radius 3 is 1.91 bits per heavy atom. The minimum Gasteiger partial charge on any atom is -0.444 e. The first-order chi connectivity index (χ1) is 15.9. The third kappa shape index (κ3) is 18.9. The number of amides is 2. The van der Waals surface area contributed by atoms with Crippen molar-refractivity contribution in [2.45, 2.75) is 85.8 Å². The number of nitrogens with zero attached hydrogens (tertiary/aromatic N) is 1. The van der Waals surface area contributed by atoms with Crippen molar-refractivity contribution in [2.24, 2.45) is 11.1 Å². The number of nitrogens with one attached hydrogen (secondary N) is 1. The number of hydrogen-bond acceptors (Lipinski definition) is 7. The zero-order valence-corrected chi connectivity index (χ0v) is 22.7. The van der Waals surface area contributed by atoms with Crippen LogP contribution in [0.4, 0.5) is 4.79 Å². The van der Waals surface area contributed by atoms with Crippen LogP contribution in [0.15, 0.2) is 0 Å². The molecule has 0 saturated heterocycles. The lowest BCUT2D eigenvalue weighted by Crippen LogP contribution is -2.41. The topological polar surface area (TPSA) is 112 Å². The largest absolute Gasteiger partial charge is 0.444 e. The van der Waals surface area contributed by atoms with Crippen molar-refractivity contribution in [1.82, 2.24) is 10.2 Å². The monoisotopic (exact) mass is 489 g/mol. The molecule has 202 valence electrons. The Morgan fingerprint density at radius 1 is 0.824 bits per heavy atom. The van der Waals surface area contributed by atoms with Crippen molar-refractivity contribution >= 4 is 12.0 Å². The quantitative estimate of drug-likeness (QED) is 0.284. The van der Waals surface area contributed by atoms with Gasteiger partial charge in [-0.05, 0) is 46.0 Å². The first kappa shape index (κ1) is 32.6. The normalized spacial score (nSPS) is 12.9. The van der Waals surface area contributed by atoms with Gasteiger partial charge in [0.25, 0.3) is 0 Å². The van der Waals surface area contributed by atoms with Gasteiger partial charge in [0.2, 0.25) is 5.91 Å². The summed E-state index contributed by atoms with van der Waals surface area (Å²) in [7, 11) is 0. The summed E-state index contributed by atoms with van der Waals surface area (Å²) in [5.74, 6) is 0.0768. The number of carbonyl (C=O) groups excluding carboxylic acids is 2. The third-order valence-corrected chi connectivity index (χ3v) is 5.17. The van der Waals surface area contributed by atoms with E-state index in [4.69, 9.17) is 24.7 Å². The third-order valence-electron chi connectivity index (χ3n) is 5.17. The Labute approximate surface area is 207 Å². The maximum atomic E-state index is 12.6. The smallest absolute Gasteiger partial charge is 0.410 e. The van der Waals surface area contributed by atoms with Crippen molar-refractivity contribution in [2.75, 3.05) is 59.3 Å². The van der Waals surface area contributed by atoms with Gasteiger partial charge in [-0.3, -0.25) is 4.79 Å². The van der Waals surface area contributed by atoms with E-state index >= 15 is 0 Å². The first-order valence-corrected chi connectivity index (χ1v) is 12.6. The van der Waals surface area contributed by atoms with E-state index < -0.39 is 5.60 Å². The molecule has 0 aliphatic heterocycles. The molecular weight excluding hydrogens is 438 g/mol. The maximum Gasteiger partial charge on any atom is 0.410 e. The van der Waals surface area contributed by atoms with Gasteiger partial charge in [-0.1, -0.05) is 27.2 Å². The van der Waals surface area contributed by atoms with Crippen LogP contribution in [0.3, 0.4) is 0 Å². The van der Waals surface area contributed by atoms with Gasteiger partial charge < -0.3 is 34.9 Å². The highest BCUT2D eigenvalue weighted by molar-refractivity contribution is 5.76. The van der Waals surface area contributed by atoms with E-state index in [9.17, 15) is 9.59 Å². The molecule has 0 fully saturated rings. The van der Waals surface area contributed by atoms with E-state index in [1.165, 1.54) is 0 Å². The number of ether oxygens (including phenoxy) is 4. The summed E-state index contributed by atoms with van der Waals surface area (Å²) in [5, 5.41) is 3.06. The van der Waals surface area contributed by atoms with E-state index in [1.807, 2.05) is 27.7 Å². The van der Waals surface area contributed by atoms with Gasteiger partial charge in [0.15, 0.2) is 0 Å². The van der Waals surface area contributed by atoms with Crippen LogP contribution in [-0.4, -0.2) is 87.8 Å². The lowest BCUT2D eigenvalue weighted by atomic mass is 9.88. The minimum absolute atomic E-state index is 0.0384. The lowest BCUT2D eigenvalue weighted by Gasteiger charge is -2.28. The molecule has 9 heteroatoms. The second kappa shape index (κ2) is 17.9. The molecule has 0 aromatic rings. The summed E-state index contributed by atoms with van der Waals surface area (Å²) in [4.78, 5) is 26.4. The molecule has 34 heavy (non-hydrogen) atoms. The van der Waals surface area contributed by atoms with Crippen LogP contribution in [-0.2, 0) is 23.7 Å². The molecule has 0 aliphatic rings. The Hall–Kier alpha value is -1.42. The fourth-order valence-electron chi connectivity index (χ4n) is 2.72. The molecule has 0 aromatic carbocycles. The average molecular weight is 490 g/mol. The summed E-state index contributed by atoms with van der Waals surface area (Å²) in [6, 6.07) is 0.123. The molecule has 3 N–H and O–H groups in total. The molecule has 0 rings (SSSR count). The summed E-state index contributed by atoms with van der Waals surface area (Å²) in [5.41, 5.74) is 4.83. The van der Waals surface area contributed by atoms with Crippen molar-refractivity contribution in [3.8, 4) is 0 Å². The van der Waals surface area contributed by atoms with Crippen LogP contribution < -0.4 is 11.1 Å². The second-order valence-electron chi connectivity index (χ2n) is 10.6. The average Bonchev–Trinajstić information content (AvgIpc) is 2.71. The highest BCUT2D eigenvalue weighted by atomic mass is 16.6. The predicted octanol–water partition coefficient (Wildman–Crippen LogP) is 3.34. The number of rotatable bonds is 18. The molecule has 0 aliphatic carbocycles. The lowest BCUT2D eigenvalue weighted by molar-refractivity contribution is -0.122. The number of nitrogens with two attached hydrogens (primary N) is 1. The zero-order valence-electron chi connectivity index (χ0n) is 22.7. The summed E-state index contributed by atoms with van der Waals surface area (Å²) in [6.45, 7) is 18.3.